The summed E-state index contributed by atoms with van der Waals surface area (Å²) >= 11 is 1.43. The number of fused-ring (bicyclic) bond motifs is 1. The lowest BCUT2D eigenvalue weighted by molar-refractivity contribution is -0.161. The minimum Gasteiger partial charge on any atom is -0.477 e. The van der Waals surface area contributed by atoms with Crippen molar-refractivity contribution in [2.75, 3.05) is 11.5 Å². The molecule has 130 valence electrons. The molecule has 0 aromatic carbocycles. The summed E-state index contributed by atoms with van der Waals surface area (Å²) < 4.78 is 1.91. The lowest BCUT2D eigenvalue weighted by Gasteiger charge is -2.44. The number of aliphatic hydroxyl groups excluding tert-OH is 1. The number of amides is 1. The van der Waals surface area contributed by atoms with Gasteiger partial charge in [-0.2, -0.15) is 0 Å². The maximum Gasteiger partial charge on any atom is 0.353 e. The molecule has 3 rings (SSSR count). The summed E-state index contributed by atoms with van der Waals surface area (Å²) in [5, 5.41) is 19.2. The number of aliphatic carboxylic acids is 1. The monoisotopic (exact) mass is 352 g/mol. The number of carboxylic acid groups (broad SMARTS) is 1. The third-order valence-corrected chi connectivity index (χ3v) is 5.59. The third kappa shape index (κ3) is 2.67. The molecule has 9 heteroatoms. The van der Waals surface area contributed by atoms with Gasteiger partial charge in [0.2, 0.25) is 5.91 Å². The van der Waals surface area contributed by atoms with Crippen LogP contribution in [0.25, 0.3) is 0 Å². The molecule has 0 unspecified atom stereocenters. The van der Waals surface area contributed by atoms with E-state index in [4.69, 9.17) is 5.73 Å². The van der Waals surface area contributed by atoms with Crippen molar-refractivity contribution in [3.05, 3.63) is 22.6 Å². The number of anilines is 1. The molecule has 0 radical (unpaired) electrons. The standard InChI is InChI=1S/C15H20N4O4S/c1-7(20)12-9-5-10(13(15(22)23)19(9)14(12)21)24-4-3-18-6-11(16)17-8(18)2/h6-7,9,12,20H,3-5,16H2,1-2H3,(H,22,23)/t7-,9+,12+/m0/s1. The first kappa shape index (κ1) is 16.8. The largest absolute Gasteiger partial charge is 0.477 e. The Morgan fingerprint density at radius 2 is 2.29 bits per heavy atom. The van der Waals surface area contributed by atoms with E-state index in [0.717, 1.165) is 5.82 Å². The van der Waals surface area contributed by atoms with E-state index in [9.17, 15) is 19.8 Å². The van der Waals surface area contributed by atoms with Crippen molar-refractivity contribution in [3.63, 3.8) is 0 Å². The first-order valence-corrected chi connectivity index (χ1v) is 8.69. The Morgan fingerprint density at radius 3 is 2.83 bits per heavy atom. The molecule has 1 fully saturated rings. The molecule has 2 aliphatic heterocycles. The number of nitrogen functional groups attached to an aromatic ring is 1. The average molecular weight is 352 g/mol. The van der Waals surface area contributed by atoms with Crippen LogP contribution in [0.2, 0.25) is 0 Å². The quantitative estimate of drug-likeness (QED) is 0.634. The number of nitrogens with zero attached hydrogens (tertiary/aromatic N) is 3. The number of aliphatic hydroxyl groups is 1. The molecule has 2 aliphatic rings. The number of aromatic nitrogens is 2. The van der Waals surface area contributed by atoms with Crippen LogP contribution in [0.15, 0.2) is 16.8 Å². The second kappa shape index (κ2) is 6.14. The minimum absolute atomic E-state index is 0.0637. The highest BCUT2D eigenvalue weighted by Gasteiger charge is 2.56. The molecule has 1 aromatic heterocycles. The topological polar surface area (TPSA) is 122 Å². The van der Waals surface area contributed by atoms with Gasteiger partial charge in [0.25, 0.3) is 0 Å². The Morgan fingerprint density at radius 1 is 1.58 bits per heavy atom. The lowest BCUT2D eigenvalue weighted by Crippen LogP contribution is -2.61. The Bertz CT molecular complexity index is 727. The van der Waals surface area contributed by atoms with E-state index in [0.29, 0.717) is 29.4 Å². The summed E-state index contributed by atoms with van der Waals surface area (Å²) in [6.07, 6.45) is 1.46. The van der Waals surface area contributed by atoms with E-state index < -0.39 is 18.0 Å². The smallest absolute Gasteiger partial charge is 0.353 e. The third-order valence-electron chi connectivity index (χ3n) is 4.49. The first-order valence-electron chi connectivity index (χ1n) is 7.71. The van der Waals surface area contributed by atoms with Crippen LogP contribution in [0, 0.1) is 12.8 Å². The van der Waals surface area contributed by atoms with E-state index in [1.165, 1.54) is 16.7 Å². The Balaban J connectivity index is 1.69. The van der Waals surface area contributed by atoms with Gasteiger partial charge in [0.05, 0.1) is 18.1 Å². The van der Waals surface area contributed by atoms with Crippen LogP contribution in [0.4, 0.5) is 5.82 Å². The van der Waals surface area contributed by atoms with Crippen LogP contribution < -0.4 is 5.73 Å². The lowest BCUT2D eigenvalue weighted by atomic mass is 9.83. The molecule has 3 heterocycles. The molecule has 0 saturated carbocycles. The van der Waals surface area contributed by atoms with Crippen molar-refractivity contribution in [2.45, 2.75) is 39.0 Å². The number of carbonyl (C=O) groups is 2. The fourth-order valence-electron chi connectivity index (χ4n) is 3.39. The van der Waals surface area contributed by atoms with Gasteiger partial charge >= 0.3 is 5.97 Å². The molecule has 3 atom stereocenters. The van der Waals surface area contributed by atoms with Crippen molar-refractivity contribution in [3.8, 4) is 0 Å². The number of aryl methyl sites for hydroxylation is 2. The van der Waals surface area contributed by atoms with E-state index in [2.05, 4.69) is 4.98 Å². The summed E-state index contributed by atoms with van der Waals surface area (Å²) in [4.78, 5) is 29.8. The molecule has 0 aliphatic carbocycles. The van der Waals surface area contributed by atoms with Crippen LogP contribution in [0.3, 0.4) is 0 Å². The Labute approximate surface area is 143 Å². The van der Waals surface area contributed by atoms with Gasteiger partial charge in [-0.25, -0.2) is 9.78 Å². The molecule has 4 N–H and O–H groups in total. The number of imidazole rings is 1. The second-order valence-corrected chi connectivity index (χ2v) is 7.27. The fourth-order valence-corrected chi connectivity index (χ4v) is 4.53. The number of thioether (sulfide) groups is 1. The number of hydrogen-bond donors (Lipinski definition) is 3. The van der Waals surface area contributed by atoms with Crippen LogP contribution >= 0.6 is 11.8 Å². The van der Waals surface area contributed by atoms with Crippen LogP contribution in [-0.4, -0.2) is 54.4 Å². The van der Waals surface area contributed by atoms with Gasteiger partial charge in [-0.15, -0.1) is 11.8 Å². The molecule has 0 bridgehead atoms. The van der Waals surface area contributed by atoms with Crippen molar-refractivity contribution in [1.29, 1.82) is 0 Å². The highest BCUT2D eigenvalue weighted by atomic mass is 32.2. The number of β-lactam (4-membered cyclic amide) rings is 1. The number of nitrogens with two attached hydrogens (primary N) is 1. The Hall–Kier alpha value is -2.00. The van der Waals surface area contributed by atoms with Gasteiger partial charge in [0, 0.05) is 29.8 Å². The zero-order valence-corrected chi connectivity index (χ0v) is 14.3. The Kier molecular flexibility index (Phi) is 4.31. The van der Waals surface area contributed by atoms with Gasteiger partial charge in [0.1, 0.15) is 17.3 Å². The maximum absolute atomic E-state index is 12.1. The van der Waals surface area contributed by atoms with Crippen molar-refractivity contribution < 1.29 is 19.8 Å². The molecule has 24 heavy (non-hydrogen) atoms. The first-order chi connectivity index (χ1) is 11.3. The van der Waals surface area contributed by atoms with E-state index in [1.54, 1.807) is 13.1 Å². The van der Waals surface area contributed by atoms with Gasteiger partial charge < -0.3 is 25.4 Å². The number of rotatable bonds is 6. The molecule has 1 saturated heterocycles. The van der Waals surface area contributed by atoms with Gasteiger partial charge in [-0.3, -0.25) is 4.79 Å². The van der Waals surface area contributed by atoms with Crippen molar-refractivity contribution in [1.82, 2.24) is 14.5 Å². The molecule has 1 amide bonds. The van der Waals surface area contributed by atoms with Gasteiger partial charge in [-0.05, 0) is 13.8 Å². The second-order valence-electron chi connectivity index (χ2n) is 6.08. The van der Waals surface area contributed by atoms with Gasteiger partial charge in [0.15, 0.2) is 0 Å². The highest BCUT2D eigenvalue weighted by molar-refractivity contribution is 8.03. The van der Waals surface area contributed by atoms with Crippen molar-refractivity contribution in [2.24, 2.45) is 5.92 Å². The number of carboxylic acids is 1. The molecule has 0 spiro atoms. The molecular weight excluding hydrogens is 332 g/mol. The molecule has 8 nitrogen and oxygen atoms in total. The van der Waals surface area contributed by atoms with Crippen LogP contribution in [0.1, 0.15) is 19.2 Å². The zero-order chi connectivity index (χ0) is 17.6. The zero-order valence-electron chi connectivity index (χ0n) is 13.5. The highest BCUT2D eigenvalue weighted by Crippen LogP contribution is 2.46. The van der Waals surface area contributed by atoms with Gasteiger partial charge in [-0.1, -0.05) is 0 Å². The van der Waals surface area contributed by atoms with E-state index in [1.807, 2.05) is 11.5 Å². The molecular formula is C15H20N4O4S. The molecule has 1 aromatic rings. The SMILES string of the molecule is Cc1nc(N)cn1CCSC1=C(C(=O)O)N2C(=O)[C@H]([C@H](C)O)[C@H]2C1. The predicted molar refractivity (Wildman–Crippen MR) is 88.9 cm³/mol. The summed E-state index contributed by atoms with van der Waals surface area (Å²) in [5.74, 6) is 0.00454. The average Bonchev–Trinajstić information content (AvgIpc) is 2.96. The number of carbonyl (C=O) groups excluding carboxylic acids is 1. The summed E-state index contributed by atoms with van der Waals surface area (Å²) in [6.45, 7) is 4.07. The maximum atomic E-state index is 12.1. The van der Waals surface area contributed by atoms with E-state index in [-0.39, 0.29) is 17.6 Å². The van der Waals surface area contributed by atoms with Crippen molar-refractivity contribution >= 4 is 29.5 Å². The van der Waals surface area contributed by atoms with E-state index >= 15 is 0 Å². The summed E-state index contributed by atoms with van der Waals surface area (Å²) in [5.41, 5.74) is 5.71. The predicted octanol–water partition coefficient (Wildman–Crippen LogP) is 0.415. The summed E-state index contributed by atoms with van der Waals surface area (Å²) in [7, 11) is 0. The van der Waals surface area contributed by atoms with Crippen LogP contribution in [-0.2, 0) is 16.1 Å². The van der Waals surface area contributed by atoms with Crippen LogP contribution in [0.5, 0.6) is 0 Å². The minimum atomic E-state index is -1.10. The summed E-state index contributed by atoms with van der Waals surface area (Å²) in [6, 6.07) is -0.239. The number of hydrogen-bond acceptors (Lipinski definition) is 6. The normalized spacial score (nSPS) is 24.1. The fraction of sp³-hybridized carbons (Fsp3) is 0.533.